The zero-order valence-corrected chi connectivity index (χ0v) is 17.1. The Kier molecular flexibility index (Phi) is 4.78. The maximum Gasteiger partial charge on any atom is 0.243 e. The molecule has 0 saturated heterocycles. The van der Waals surface area contributed by atoms with Crippen molar-refractivity contribution >= 4 is 10.0 Å². The van der Waals surface area contributed by atoms with Gasteiger partial charge in [-0.1, -0.05) is 76.2 Å². The standard InChI is InChI=1S/C22H29NO2S/c1-17(20-21(2,3)22(20,4)5)23(16-18-12-8-6-9-13-18)26(24,25)19-14-10-7-11-15-19/h6-15,17,20H,16H2,1-5H3/t17-/m0/s1. The van der Waals surface area contributed by atoms with E-state index in [1.54, 1.807) is 28.6 Å². The summed E-state index contributed by atoms with van der Waals surface area (Å²) in [6, 6.07) is 18.5. The predicted octanol–water partition coefficient (Wildman–Crippen LogP) is 4.95. The topological polar surface area (TPSA) is 37.4 Å². The van der Waals surface area contributed by atoms with Crippen molar-refractivity contribution in [3.8, 4) is 0 Å². The lowest BCUT2D eigenvalue weighted by molar-refractivity contribution is 0.272. The van der Waals surface area contributed by atoms with E-state index in [4.69, 9.17) is 0 Å². The first-order chi connectivity index (χ1) is 12.1. The highest BCUT2D eigenvalue weighted by atomic mass is 32.2. The van der Waals surface area contributed by atoms with E-state index >= 15 is 0 Å². The molecule has 0 amide bonds. The summed E-state index contributed by atoms with van der Waals surface area (Å²) in [5.74, 6) is 0.317. The van der Waals surface area contributed by atoms with E-state index in [1.807, 2.05) is 36.4 Å². The molecule has 1 saturated carbocycles. The van der Waals surface area contributed by atoms with E-state index in [-0.39, 0.29) is 16.9 Å². The average molecular weight is 372 g/mol. The monoisotopic (exact) mass is 371 g/mol. The van der Waals surface area contributed by atoms with Gasteiger partial charge in [-0.25, -0.2) is 8.42 Å². The molecule has 0 radical (unpaired) electrons. The Hall–Kier alpha value is -1.65. The zero-order valence-electron chi connectivity index (χ0n) is 16.3. The number of benzene rings is 2. The lowest BCUT2D eigenvalue weighted by atomic mass is 10.0. The van der Waals surface area contributed by atoms with Gasteiger partial charge in [-0.2, -0.15) is 4.31 Å². The largest absolute Gasteiger partial charge is 0.243 e. The van der Waals surface area contributed by atoms with Crippen molar-refractivity contribution < 1.29 is 8.42 Å². The molecular formula is C22H29NO2S. The highest BCUT2D eigenvalue weighted by Gasteiger charge is 2.67. The van der Waals surface area contributed by atoms with E-state index in [0.29, 0.717) is 17.4 Å². The van der Waals surface area contributed by atoms with Gasteiger partial charge >= 0.3 is 0 Å². The van der Waals surface area contributed by atoms with Gasteiger partial charge in [0.15, 0.2) is 0 Å². The molecule has 1 aliphatic rings. The molecule has 0 aliphatic heterocycles. The number of sulfonamides is 1. The van der Waals surface area contributed by atoms with Gasteiger partial charge in [0.05, 0.1) is 4.90 Å². The molecule has 0 N–H and O–H groups in total. The number of nitrogens with zero attached hydrogens (tertiary/aromatic N) is 1. The molecule has 2 aromatic rings. The van der Waals surface area contributed by atoms with E-state index in [2.05, 4.69) is 34.6 Å². The summed E-state index contributed by atoms with van der Waals surface area (Å²) in [7, 11) is -3.57. The van der Waals surface area contributed by atoms with Gasteiger partial charge in [0.25, 0.3) is 0 Å². The van der Waals surface area contributed by atoms with Gasteiger partial charge in [-0.3, -0.25) is 0 Å². The third kappa shape index (κ3) is 3.10. The molecule has 0 aromatic heterocycles. The fourth-order valence-corrected chi connectivity index (χ4v) is 6.21. The third-order valence-corrected chi connectivity index (χ3v) is 8.55. The summed E-state index contributed by atoms with van der Waals surface area (Å²) in [6.07, 6.45) is 0. The first kappa shape index (κ1) is 19.1. The molecule has 0 spiro atoms. The Bertz CT molecular complexity index is 844. The molecule has 4 heteroatoms. The first-order valence-corrected chi connectivity index (χ1v) is 10.6. The van der Waals surface area contributed by atoms with Crippen LogP contribution in [0.25, 0.3) is 0 Å². The highest BCUT2D eigenvalue weighted by molar-refractivity contribution is 7.89. The van der Waals surface area contributed by atoms with Crippen molar-refractivity contribution in [2.75, 3.05) is 0 Å². The molecule has 26 heavy (non-hydrogen) atoms. The van der Waals surface area contributed by atoms with Crippen LogP contribution in [0.1, 0.15) is 40.2 Å². The quantitative estimate of drug-likeness (QED) is 0.720. The van der Waals surface area contributed by atoms with Crippen molar-refractivity contribution in [2.45, 2.75) is 52.1 Å². The van der Waals surface area contributed by atoms with E-state index in [9.17, 15) is 8.42 Å². The van der Waals surface area contributed by atoms with Gasteiger partial charge in [0.2, 0.25) is 10.0 Å². The van der Waals surface area contributed by atoms with Crippen LogP contribution in [0.2, 0.25) is 0 Å². The normalized spacial score (nSPS) is 20.1. The van der Waals surface area contributed by atoms with Crippen LogP contribution in [0, 0.1) is 16.7 Å². The average Bonchev–Trinajstić information content (AvgIpc) is 3.02. The fourth-order valence-electron chi connectivity index (χ4n) is 4.56. The summed E-state index contributed by atoms with van der Waals surface area (Å²) in [5, 5.41) is 0. The van der Waals surface area contributed by atoms with Crippen LogP contribution in [0.5, 0.6) is 0 Å². The maximum atomic E-state index is 13.5. The number of hydrogen-bond acceptors (Lipinski definition) is 2. The number of rotatable bonds is 6. The SMILES string of the molecule is C[C@@H](C1C(C)(C)C1(C)C)N(Cc1ccccc1)S(=O)(=O)c1ccccc1. The zero-order chi connectivity index (χ0) is 19.2. The molecule has 1 atom stereocenters. The van der Waals surface area contributed by atoms with Crippen LogP contribution < -0.4 is 0 Å². The Morgan fingerprint density at radius 2 is 1.35 bits per heavy atom. The van der Waals surface area contributed by atoms with Gasteiger partial charge in [-0.15, -0.1) is 0 Å². The van der Waals surface area contributed by atoms with Gasteiger partial charge < -0.3 is 0 Å². The smallest absolute Gasteiger partial charge is 0.207 e. The maximum absolute atomic E-state index is 13.5. The molecule has 0 bridgehead atoms. The predicted molar refractivity (Wildman–Crippen MR) is 106 cm³/mol. The minimum absolute atomic E-state index is 0.0783. The molecule has 0 unspecified atom stereocenters. The lowest BCUT2D eigenvalue weighted by Crippen LogP contribution is -2.40. The summed E-state index contributed by atoms with van der Waals surface area (Å²) >= 11 is 0. The summed E-state index contributed by atoms with van der Waals surface area (Å²) < 4.78 is 28.6. The van der Waals surface area contributed by atoms with Crippen LogP contribution >= 0.6 is 0 Å². The molecule has 3 rings (SSSR count). The lowest BCUT2D eigenvalue weighted by Gasteiger charge is -2.30. The van der Waals surface area contributed by atoms with Crippen LogP contribution in [-0.4, -0.2) is 18.8 Å². The van der Waals surface area contributed by atoms with Crippen molar-refractivity contribution in [1.29, 1.82) is 0 Å². The van der Waals surface area contributed by atoms with Gasteiger partial charge in [0.1, 0.15) is 0 Å². The van der Waals surface area contributed by atoms with Gasteiger partial charge in [-0.05, 0) is 41.4 Å². The Balaban J connectivity index is 2.00. The second kappa shape index (κ2) is 6.50. The van der Waals surface area contributed by atoms with Gasteiger partial charge in [0, 0.05) is 12.6 Å². The molecular weight excluding hydrogens is 342 g/mol. The summed E-state index contributed by atoms with van der Waals surface area (Å²) in [6.45, 7) is 11.4. The highest BCUT2D eigenvalue weighted by Crippen LogP contribution is 2.70. The second-order valence-corrected chi connectivity index (χ2v) is 10.4. The van der Waals surface area contributed by atoms with Crippen LogP contribution in [0.3, 0.4) is 0 Å². The van der Waals surface area contributed by atoms with E-state index < -0.39 is 10.0 Å². The van der Waals surface area contributed by atoms with Crippen molar-refractivity contribution in [2.24, 2.45) is 16.7 Å². The molecule has 1 fully saturated rings. The molecule has 2 aromatic carbocycles. The van der Waals surface area contributed by atoms with Crippen molar-refractivity contribution in [3.63, 3.8) is 0 Å². The Morgan fingerprint density at radius 1 is 0.885 bits per heavy atom. The van der Waals surface area contributed by atoms with E-state index in [1.165, 1.54) is 0 Å². The minimum Gasteiger partial charge on any atom is -0.207 e. The molecule has 0 heterocycles. The van der Waals surface area contributed by atoms with Crippen molar-refractivity contribution in [3.05, 3.63) is 66.2 Å². The van der Waals surface area contributed by atoms with Crippen molar-refractivity contribution in [1.82, 2.24) is 4.31 Å². The molecule has 1 aliphatic carbocycles. The molecule has 3 nitrogen and oxygen atoms in total. The summed E-state index contributed by atoms with van der Waals surface area (Å²) in [5.41, 5.74) is 1.25. The fraction of sp³-hybridized carbons (Fsp3) is 0.455. The molecule has 140 valence electrons. The second-order valence-electron chi connectivity index (χ2n) is 8.51. The third-order valence-electron chi connectivity index (χ3n) is 6.60. The van der Waals surface area contributed by atoms with Crippen LogP contribution in [0.4, 0.5) is 0 Å². The number of hydrogen-bond donors (Lipinski definition) is 0. The van der Waals surface area contributed by atoms with Crippen LogP contribution in [0.15, 0.2) is 65.6 Å². The Labute approximate surface area is 158 Å². The van der Waals surface area contributed by atoms with E-state index in [0.717, 1.165) is 5.56 Å². The Morgan fingerprint density at radius 3 is 1.81 bits per heavy atom. The van der Waals surface area contributed by atoms with Crippen LogP contribution in [-0.2, 0) is 16.6 Å². The minimum atomic E-state index is -3.57. The summed E-state index contributed by atoms with van der Waals surface area (Å²) in [4.78, 5) is 0.360. The first-order valence-electron chi connectivity index (χ1n) is 9.21.